The first kappa shape index (κ1) is 21.3. The monoisotopic (exact) mass is 418 g/mol. The molecule has 2 heterocycles. The quantitative estimate of drug-likeness (QED) is 0.682. The Morgan fingerprint density at radius 1 is 1.31 bits per heavy atom. The van der Waals surface area contributed by atoms with Crippen LogP contribution >= 0.6 is 11.3 Å². The Balaban J connectivity index is 1.77. The number of nitrogens with zero attached hydrogens (tertiary/aromatic N) is 2. The molecule has 7 heteroatoms. The van der Waals surface area contributed by atoms with E-state index < -0.39 is 0 Å². The molecule has 1 aromatic heterocycles. The van der Waals surface area contributed by atoms with Crippen LogP contribution in [0.5, 0.6) is 5.75 Å². The fourth-order valence-corrected chi connectivity index (χ4v) is 4.54. The van der Waals surface area contributed by atoms with E-state index in [4.69, 9.17) is 4.74 Å². The van der Waals surface area contributed by atoms with Crippen molar-refractivity contribution in [3.05, 3.63) is 52.0 Å². The zero-order valence-electron chi connectivity index (χ0n) is 17.1. The number of ether oxygens (including phenoxy) is 1. The molecule has 0 saturated heterocycles. The molecule has 3 rings (SSSR count). The first-order valence-electron chi connectivity index (χ1n) is 9.92. The van der Waals surface area contributed by atoms with Gasteiger partial charge in [0.2, 0.25) is 11.8 Å². The molecule has 0 aliphatic carbocycles. The average molecular weight is 419 g/mol. The van der Waals surface area contributed by atoms with Crippen LogP contribution in [0.1, 0.15) is 43.7 Å². The molecule has 1 aliphatic heterocycles. The van der Waals surface area contributed by atoms with Crippen LogP contribution in [0, 0.1) is 5.82 Å². The number of benzene rings is 1. The number of fused-ring (bicyclic) bond motifs is 1. The molecule has 29 heavy (non-hydrogen) atoms. The van der Waals surface area contributed by atoms with E-state index in [1.165, 1.54) is 23.9 Å². The minimum Gasteiger partial charge on any atom is -0.491 e. The van der Waals surface area contributed by atoms with E-state index in [9.17, 15) is 14.0 Å². The first-order valence-corrected chi connectivity index (χ1v) is 10.8. The molecule has 2 atom stereocenters. The number of carbonyl (C=O) groups is 2. The van der Waals surface area contributed by atoms with Crippen molar-refractivity contribution in [3.63, 3.8) is 0 Å². The zero-order chi connectivity index (χ0) is 21.0. The van der Waals surface area contributed by atoms with Crippen LogP contribution in [0.25, 0.3) is 0 Å². The van der Waals surface area contributed by atoms with E-state index in [1.54, 1.807) is 28.4 Å². The number of hydrogen-bond donors (Lipinski definition) is 0. The highest BCUT2D eigenvalue weighted by atomic mass is 32.1. The lowest BCUT2D eigenvalue weighted by Gasteiger charge is -2.37. The highest BCUT2D eigenvalue weighted by molar-refractivity contribution is 7.10. The van der Waals surface area contributed by atoms with Gasteiger partial charge in [-0.25, -0.2) is 4.39 Å². The van der Waals surface area contributed by atoms with Gasteiger partial charge in [-0.1, -0.05) is 6.92 Å². The van der Waals surface area contributed by atoms with Gasteiger partial charge in [0, 0.05) is 24.4 Å². The number of carbonyl (C=O) groups excluding carboxylic acids is 2. The smallest absolute Gasteiger partial charge is 0.242 e. The molecule has 0 radical (unpaired) electrons. The van der Waals surface area contributed by atoms with Gasteiger partial charge in [0.25, 0.3) is 0 Å². The predicted octanol–water partition coefficient (Wildman–Crippen LogP) is 4.04. The van der Waals surface area contributed by atoms with Crippen LogP contribution in [0.4, 0.5) is 4.39 Å². The maximum absolute atomic E-state index is 13.2. The van der Waals surface area contributed by atoms with Gasteiger partial charge in [0.15, 0.2) is 0 Å². The average Bonchev–Trinajstić information content (AvgIpc) is 3.19. The van der Waals surface area contributed by atoms with Crippen LogP contribution in [-0.2, 0) is 16.0 Å². The van der Waals surface area contributed by atoms with Gasteiger partial charge in [0.1, 0.15) is 18.2 Å². The van der Waals surface area contributed by atoms with Crippen molar-refractivity contribution in [1.82, 2.24) is 9.80 Å². The Hall–Kier alpha value is -2.41. The molecule has 0 bridgehead atoms. The molecule has 5 nitrogen and oxygen atoms in total. The van der Waals surface area contributed by atoms with Crippen molar-refractivity contribution >= 4 is 23.2 Å². The third-order valence-electron chi connectivity index (χ3n) is 5.47. The van der Waals surface area contributed by atoms with Crippen molar-refractivity contribution in [2.24, 2.45) is 0 Å². The summed E-state index contributed by atoms with van der Waals surface area (Å²) >= 11 is 1.69. The van der Waals surface area contributed by atoms with Crippen molar-refractivity contribution in [3.8, 4) is 5.75 Å². The minimum absolute atomic E-state index is 0.00636. The highest BCUT2D eigenvalue weighted by Gasteiger charge is 2.33. The largest absolute Gasteiger partial charge is 0.491 e. The highest BCUT2D eigenvalue weighted by Crippen LogP contribution is 2.34. The summed E-state index contributed by atoms with van der Waals surface area (Å²) in [6.45, 7) is 6.40. The standard InChI is InChI=1S/C22H27FN2O3S/c1-4-15(2)25(16(3)26)13-22(27)24-11-9-21-19(10-12-29-21)20(24)14-28-18-7-5-17(23)6-8-18/h5-8,10,12,15,20H,4,9,11,13-14H2,1-3H3/t15-,20+/m0/s1. The molecule has 1 aromatic carbocycles. The molecule has 0 unspecified atom stereocenters. The lowest BCUT2D eigenvalue weighted by atomic mass is 10.00. The lowest BCUT2D eigenvalue weighted by molar-refractivity contribution is -0.143. The van der Waals surface area contributed by atoms with Crippen LogP contribution in [0.15, 0.2) is 35.7 Å². The number of rotatable bonds is 7. The molecule has 0 saturated carbocycles. The summed E-state index contributed by atoms with van der Waals surface area (Å²) in [6, 6.07) is 7.69. The van der Waals surface area contributed by atoms with Gasteiger partial charge in [-0.15, -0.1) is 11.3 Å². The summed E-state index contributed by atoms with van der Waals surface area (Å²) in [6.07, 6.45) is 1.59. The Labute approximate surface area is 175 Å². The lowest BCUT2D eigenvalue weighted by Crippen LogP contribution is -2.49. The van der Waals surface area contributed by atoms with Crippen molar-refractivity contribution in [2.75, 3.05) is 19.7 Å². The summed E-state index contributed by atoms with van der Waals surface area (Å²) in [5.41, 5.74) is 1.09. The van der Waals surface area contributed by atoms with E-state index >= 15 is 0 Å². The van der Waals surface area contributed by atoms with Gasteiger partial charge < -0.3 is 14.5 Å². The molecule has 0 fully saturated rings. The molecule has 1 aliphatic rings. The normalized spacial score (nSPS) is 16.8. The van der Waals surface area contributed by atoms with E-state index in [-0.39, 0.29) is 42.9 Å². The third-order valence-corrected chi connectivity index (χ3v) is 6.47. The predicted molar refractivity (Wildman–Crippen MR) is 112 cm³/mol. The number of thiophene rings is 1. The van der Waals surface area contributed by atoms with Gasteiger partial charge in [-0.05, 0) is 61.0 Å². The second kappa shape index (κ2) is 9.39. The molecule has 0 spiro atoms. The van der Waals surface area contributed by atoms with Crippen molar-refractivity contribution < 1.29 is 18.7 Å². The molecule has 2 amide bonds. The van der Waals surface area contributed by atoms with Crippen molar-refractivity contribution in [1.29, 1.82) is 0 Å². The fourth-order valence-electron chi connectivity index (χ4n) is 3.62. The van der Waals surface area contributed by atoms with Crippen LogP contribution in [0.3, 0.4) is 0 Å². The second-order valence-corrected chi connectivity index (χ2v) is 8.32. The summed E-state index contributed by atoms with van der Waals surface area (Å²) in [4.78, 5) is 29.9. The Kier molecular flexibility index (Phi) is 6.90. The van der Waals surface area contributed by atoms with Gasteiger partial charge in [-0.3, -0.25) is 9.59 Å². The van der Waals surface area contributed by atoms with Gasteiger partial charge in [-0.2, -0.15) is 0 Å². The maximum atomic E-state index is 13.2. The Morgan fingerprint density at radius 2 is 2.03 bits per heavy atom. The molecular formula is C22H27FN2O3S. The van der Waals surface area contributed by atoms with E-state index in [2.05, 4.69) is 0 Å². The van der Waals surface area contributed by atoms with Gasteiger partial charge >= 0.3 is 0 Å². The van der Waals surface area contributed by atoms with E-state index in [1.807, 2.05) is 30.2 Å². The summed E-state index contributed by atoms with van der Waals surface area (Å²) in [5, 5.41) is 2.03. The second-order valence-electron chi connectivity index (χ2n) is 7.32. The number of halogens is 1. The fraction of sp³-hybridized carbons (Fsp3) is 0.455. The number of amides is 2. The third kappa shape index (κ3) is 4.96. The van der Waals surface area contributed by atoms with E-state index in [0.717, 1.165) is 18.4 Å². The van der Waals surface area contributed by atoms with Crippen LogP contribution in [-0.4, -0.2) is 47.4 Å². The van der Waals surface area contributed by atoms with Crippen LogP contribution in [0.2, 0.25) is 0 Å². The SMILES string of the molecule is CC[C@H](C)N(CC(=O)N1CCc2sccc2[C@H]1COc1ccc(F)cc1)C(C)=O. The Morgan fingerprint density at radius 3 is 2.69 bits per heavy atom. The molecule has 2 aromatic rings. The molecule has 156 valence electrons. The Bertz CT molecular complexity index is 852. The van der Waals surface area contributed by atoms with E-state index in [0.29, 0.717) is 12.3 Å². The zero-order valence-corrected chi connectivity index (χ0v) is 17.9. The van der Waals surface area contributed by atoms with Gasteiger partial charge in [0.05, 0.1) is 12.6 Å². The number of hydrogen-bond acceptors (Lipinski definition) is 4. The maximum Gasteiger partial charge on any atom is 0.242 e. The van der Waals surface area contributed by atoms with Crippen molar-refractivity contribution in [2.45, 2.75) is 45.7 Å². The summed E-state index contributed by atoms with van der Waals surface area (Å²) in [7, 11) is 0. The topological polar surface area (TPSA) is 49.9 Å². The first-order chi connectivity index (χ1) is 13.9. The summed E-state index contributed by atoms with van der Waals surface area (Å²) in [5.74, 6) is 0.0672. The molecule has 0 N–H and O–H groups in total. The molecular weight excluding hydrogens is 391 g/mol. The minimum atomic E-state index is -0.318. The summed E-state index contributed by atoms with van der Waals surface area (Å²) < 4.78 is 19.0. The van der Waals surface area contributed by atoms with Crippen LogP contribution < -0.4 is 4.74 Å².